The van der Waals surface area contributed by atoms with E-state index < -0.39 is 0 Å². The van der Waals surface area contributed by atoms with Crippen LogP contribution in [0.3, 0.4) is 0 Å². The maximum absolute atomic E-state index is 13.1. The van der Waals surface area contributed by atoms with Crippen LogP contribution in [0.1, 0.15) is 31.7 Å². The van der Waals surface area contributed by atoms with Gasteiger partial charge in [-0.3, -0.25) is 4.79 Å². The Hall–Kier alpha value is -1.42. The van der Waals surface area contributed by atoms with E-state index >= 15 is 0 Å². The molecule has 124 valence electrons. The second-order valence-electron chi connectivity index (χ2n) is 7.67. The molecular weight excluding hydrogens is 293 g/mol. The normalized spacial score (nSPS) is 40.6. The second kappa shape index (κ2) is 5.30. The van der Waals surface area contributed by atoms with Gasteiger partial charge in [0.2, 0.25) is 0 Å². The Labute approximate surface area is 136 Å². The first kappa shape index (κ1) is 15.1. The van der Waals surface area contributed by atoms with Crippen molar-refractivity contribution in [3.05, 3.63) is 35.6 Å². The molecule has 6 atom stereocenters. The van der Waals surface area contributed by atoms with Gasteiger partial charge in [0.15, 0.2) is 0 Å². The minimum atomic E-state index is -0.220. The minimum absolute atomic E-state index is 0.0598. The lowest BCUT2D eigenvalue weighted by molar-refractivity contribution is -0.159. The summed E-state index contributed by atoms with van der Waals surface area (Å²) in [7, 11) is 1.50. The van der Waals surface area contributed by atoms with Gasteiger partial charge in [0.25, 0.3) is 0 Å². The van der Waals surface area contributed by atoms with E-state index in [9.17, 15) is 9.18 Å². The van der Waals surface area contributed by atoms with Crippen LogP contribution in [0.5, 0.6) is 0 Å². The van der Waals surface area contributed by atoms with Gasteiger partial charge >= 0.3 is 5.97 Å². The number of ether oxygens (including phenoxy) is 1. The Bertz CT molecular complexity index is 616. The first-order chi connectivity index (χ1) is 11.0. The van der Waals surface area contributed by atoms with Crippen LogP contribution in [0.2, 0.25) is 0 Å². The molecule has 5 rings (SSSR count). The summed E-state index contributed by atoms with van der Waals surface area (Å²) >= 11 is 0. The van der Waals surface area contributed by atoms with E-state index in [0.717, 1.165) is 23.8 Å². The third kappa shape index (κ3) is 2.30. The molecule has 23 heavy (non-hydrogen) atoms. The van der Waals surface area contributed by atoms with Crippen molar-refractivity contribution in [1.82, 2.24) is 5.32 Å². The number of fused-ring (bicyclic) bond motifs is 2. The Balaban J connectivity index is 1.58. The lowest BCUT2D eigenvalue weighted by Crippen LogP contribution is -2.64. The Kier molecular flexibility index (Phi) is 3.49. The maximum atomic E-state index is 13.1. The molecule has 0 heterocycles. The van der Waals surface area contributed by atoms with Crippen LogP contribution in [0.25, 0.3) is 0 Å². The number of hydrogen-bond acceptors (Lipinski definition) is 3. The monoisotopic (exact) mass is 317 g/mol. The first-order valence-electron chi connectivity index (χ1n) is 8.62. The van der Waals surface area contributed by atoms with Gasteiger partial charge in [-0.1, -0.05) is 12.1 Å². The molecule has 0 amide bonds. The molecule has 4 fully saturated rings. The molecule has 4 aliphatic rings. The van der Waals surface area contributed by atoms with E-state index in [0.29, 0.717) is 18.4 Å². The van der Waals surface area contributed by atoms with Crippen molar-refractivity contribution in [3.63, 3.8) is 0 Å². The van der Waals surface area contributed by atoms with Gasteiger partial charge in [0, 0.05) is 12.1 Å². The molecule has 2 bridgehead atoms. The minimum Gasteiger partial charge on any atom is -0.469 e. The Morgan fingerprint density at radius 2 is 2.00 bits per heavy atom. The second-order valence-corrected chi connectivity index (χ2v) is 7.67. The van der Waals surface area contributed by atoms with Gasteiger partial charge in [-0.15, -0.1) is 0 Å². The zero-order valence-corrected chi connectivity index (χ0v) is 13.7. The van der Waals surface area contributed by atoms with Crippen molar-refractivity contribution in [3.8, 4) is 0 Å². The van der Waals surface area contributed by atoms with E-state index in [1.807, 2.05) is 0 Å². The fourth-order valence-electron chi connectivity index (χ4n) is 5.51. The number of esters is 1. The summed E-state index contributed by atoms with van der Waals surface area (Å²) in [4.78, 5) is 12.5. The number of halogens is 1. The summed E-state index contributed by atoms with van der Waals surface area (Å²) in [5.41, 5.74) is 0.826. The van der Waals surface area contributed by atoms with Gasteiger partial charge < -0.3 is 10.1 Å². The number of carbonyl (C=O) groups is 1. The van der Waals surface area contributed by atoms with Crippen LogP contribution in [0.15, 0.2) is 24.3 Å². The van der Waals surface area contributed by atoms with Gasteiger partial charge in [-0.05, 0) is 67.6 Å². The fraction of sp³-hybridized carbons (Fsp3) is 0.632. The molecule has 0 spiro atoms. The number of benzene rings is 1. The number of hydrogen-bond donors (Lipinski definition) is 1. The van der Waals surface area contributed by atoms with E-state index in [1.165, 1.54) is 32.1 Å². The summed E-state index contributed by atoms with van der Waals surface area (Å²) in [5, 5.41) is 3.66. The smallest absolute Gasteiger partial charge is 0.310 e. The molecule has 4 heteroatoms. The average molecular weight is 317 g/mol. The average Bonchev–Trinajstić information content (AvgIpc) is 3.36. The van der Waals surface area contributed by atoms with Crippen molar-refractivity contribution >= 4 is 5.97 Å². The van der Waals surface area contributed by atoms with Gasteiger partial charge in [0.1, 0.15) is 5.82 Å². The van der Waals surface area contributed by atoms with Crippen molar-refractivity contribution in [1.29, 1.82) is 0 Å². The summed E-state index contributed by atoms with van der Waals surface area (Å²) in [6.07, 6.45) is 3.63. The predicted octanol–water partition coefficient (Wildman–Crippen LogP) is 3.14. The summed E-state index contributed by atoms with van der Waals surface area (Å²) in [5.74, 6) is 2.17. The zero-order chi connectivity index (χ0) is 16.2. The van der Waals surface area contributed by atoms with Crippen molar-refractivity contribution in [2.75, 3.05) is 7.11 Å². The summed E-state index contributed by atoms with van der Waals surface area (Å²) in [6, 6.07) is 6.59. The Morgan fingerprint density at radius 1 is 1.26 bits per heavy atom. The highest BCUT2D eigenvalue weighted by Gasteiger charge is 2.67. The van der Waals surface area contributed by atoms with E-state index in [1.54, 1.807) is 12.1 Å². The Morgan fingerprint density at radius 3 is 2.70 bits per heavy atom. The van der Waals surface area contributed by atoms with Crippen molar-refractivity contribution in [2.45, 2.75) is 38.3 Å². The lowest BCUT2D eigenvalue weighted by Gasteiger charge is -2.54. The highest BCUT2D eigenvalue weighted by molar-refractivity contribution is 5.75. The standard InChI is InChI=1S/C19H24FNO2/c1-19(21-10-11-3-5-12(20)6-4-11)16-8-7-13(14-9-15(14)16)17(19)18(22)23-2/h3-6,13-17,21H,7-10H2,1-2H3. The molecule has 1 aromatic carbocycles. The van der Waals surface area contributed by atoms with Crippen LogP contribution in [-0.2, 0) is 16.1 Å². The van der Waals surface area contributed by atoms with Gasteiger partial charge in [-0.25, -0.2) is 4.39 Å². The summed E-state index contributed by atoms with van der Waals surface area (Å²) < 4.78 is 18.2. The van der Waals surface area contributed by atoms with E-state index in [-0.39, 0.29) is 23.2 Å². The zero-order valence-electron chi connectivity index (χ0n) is 13.7. The van der Waals surface area contributed by atoms with Crippen LogP contribution >= 0.6 is 0 Å². The lowest BCUT2D eigenvalue weighted by atomic mass is 9.55. The van der Waals surface area contributed by atoms with E-state index in [2.05, 4.69) is 12.2 Å². The summed E-state index contributed by atoms with van der Waals surface area (Å²) in [6.45, 7) is 2.86. The number of nitrogens with one attached hydrogen (secondary N) is 1. The third-order valence-electron chi connectivity index (χ3n) is 6.66. The van der Waals surface area contributed by atoms with Crippen LogP contribution in [0, 0.1) is 35.4 Å². The number of methoxy groups -OCH3 is 1. The number of carbonyl (C=O) groups excluding carboxylic acids is 1. The molecule has 3 nitrogen and oxygen atoms in total. The third-order valence-corrected chi connectivity index (χ3v) is 6.66. The number of rotatable bonds is 4. The highest BCUT2D eigenvalue weighted by Crippen LogP contribution is 2.67. The van der Waals surface area contributed by atoms with Gasteiger partial charge in [-0.2, -0.15) is 0 Å². The molecular formula is C19H24FNO2. The maximum Gasteiger partial charge on any atom is 0.310 e. The molecule has 0 aliphatic heterocycles. The van der Waals surface area contributed by atoms with Crippen LogP contribution in [0.4, 0.5) is 4.39 Å². The molecule has 4 aliphatic carbocycles. The van der Waals surface area contributed by atoms with Crippen LogP contribution < -0.4 is 5.32 Å². The SMILES string of the molecule is COC(=O)C1C2CCC(C3CC32)C1(C)NCc1ccc(F)cc1. The molecule has 6 unspecified atom stereocenters. The van der Waals surface area contributed by atoms with Crippen LogP contribution in [-0.4, -0.2) is 18.6 Å². The van der Waals surface area contributed by atoms with Crippen molar-refractivity contribution < 1.29 is 13.9 Å². The fourth-order valence-corrected chi connectivity index (χ4v) is 5.51. The molecule has 0 radical (unpaired) electrons. The first-order valence-corrected chi connectivity index (χ1v) is 8.62. The highest BCUT2D eigenvalue weighted by atomic mass is 19.1. The molecule has 0 aromatic heterocycles. The van der Waals surface area contributed by atoms with Crippen molar-refractivity contribution in [2.24, 2.45) is 29.6 Å². The predicted molar refractivity (Wildman–Crippen MR) is 85.0 cm³/mol. The largest absolute Gasteiger partial charge is 0.469 e. The van der Waals surface area contributed by atoms with E-state index in [4.69, 9.17) is 4.74 Å². The molecule has 4 saturated carbocycles. The van der Waals surface area contributed by atoms with Gasteiger partial charge in [0.05, 0.1) is 13.0 Å². The quantitative estimate of drug-likeness (QED) is 0.867. The molecule has 0 saturated heterocycles. The molecule has 1 N–H and O–H groups in total. The molecule has 1 aromatic rings. The topological polar surface area (TPSA) is 38.3 Å².